The third-order valence-electron chi connectivity index (χ3n) is 3.05. The number of aromatic nitrogens is 1. The number of aryl methyl sites for hydroxylation is 3. The molecule has 17 heavy (non-hydrogen) atoms. The van der Waals surface area contributed by atoms with Gasteiger partial charge in [-0.3, -0.25) is 0 Å². The second kappa shape index (κ2) is 4.09. The Morgan fingerprint density at radius 2 is 2.06 bits per heavy atom. The molecule has 0 aliphatic carbocycles. The van der Waals surface area contributed by atoms with Crippen molar-refractivity contribution in [2.24, 2.45) is 7.05 Å². The number of aliphatic carboxylic acids is 1. The normalized spacial score (nSPS) is 11.5. The predicted octanol–water partition coefficient (Wildman–Crippen LogP) is 2.89. The highest BCUT2D eigenvalue weighted by Crippen LogP contribution is 2.26. The highest BCUT2D eigenvalue weighted by Gasteiger charge is 2.09. The molecule has 0 saturated heterocycles. The maximum atomic E-state index is 10.6. The minimum atomic E-state index is -0.925. The molecule has 2 rings (SSSR count). The predicted molar refractivity (Wildman–Crippen MR) is 69.1 cm³/mol. The lowest BCUT2D eigenvalue weighted by atomic mass is 10.1. The van der Waals surface area contributed by atoms with Crippen molar-refractivity contribution in [3.05, 3.63) is 41.1 Å². The Morgan fingerprint density at radius 3 is 2.71 bits per heavy atom. The number of rotatable bonds is 2. The minimum Gasteiger partial charge on any atom is -0.478 e. The molecular weight excluding hydrogens is 214 g/mol. The fraction of sp³-hybridized carbons (Fsp3) is 0.214. The Hall–Kier alpha value is -2.03. The molecule has 88 valence electrons. The van der Waals surface area contributed by atoms with E-state index in [1.54, 1.807) is 6.08 Å². The van der Waals surface area contributed by atoms with Gasteiger partial charge in [-0.2, -0.15) is 0 Å². The lowest BCUT2D eigenvalue weighted by Gasteiger charge is -2.00. The van der Waals surface area contributed by atoms with Crippen LogP contribution in [0.25, 0.3) is 17.0 Å². The van der Waals surface area contributed by atoms with Crippen LogP contribution in [0.1, 0.15) is 16.8 Å². The topological polar surface area (TPSA) is 42.2 Å². The summed E-state index contributed by atoms with van der Waals surface area (Å²) < 4.78 is 2.02. The number of nitrogens with zero attached hydrogens (tertiary/aromatic N) is 1. The molecular formula is C14H15NO2. The van der Waals surface area contributed by atoms with Gasteiger partial charge in [0, 0.05) is 29.7 Å². The van der Waals surface area contributed by atoms with Gasteiger partial charge in [-0.05, 0) is 37.1 Å². The van der Waals surface area contributed by atoms with Gasteiger partial charge in [0.05, 0.1) is 0 Å². The Kier molecular flexibility index (Phi) is 2.76. The smallest absolute Gasteiger partial charge is 0.328 e. The number of carbonyl (C=O) groups is 1. The first kappa shape index (κ1) is 11.5. The first-order valence-corrected chi connectivity index (χ1v) is 5.47. The molecule has 0 radical (unpaired) electrons. The van der Waals surface area contributed by atoms with Crippen molar-refractivity contribution in [3.8, 4) is 0 Å². The monoisotopic (exact) mass is 229 g/mol. The van der Waals surface area contributed by atoms with Crippen molar-refractivity contribution in [3.63, 3.8) is 0 Å². The molecule has 0 spiro atoms. The van der Waals surface area contributed by atoms with E-state index < -0.39 is 5.97 Å². The van der Waals surface area contributed by atoms with Gasteiger partial charge in [-0.1, -0.05) is 12.1 Å². The van der Waals surface area contributed by atoms with E-state index in [0.717, 1.165) is 16.8 Å². The summed E-state index contributed by atoms with van der Waals surface area (Å²) in [6.07, 6.45) is 2.82. The summed E-state index contributed by atoms with van der Waals surface area (Å²) in [5, 5.41) is 9.85. The molecule has 0 amide bonds. The van der Waals surface area contributed by atoms with Gasteiger partial charge >= 0.3 is 5.97 Å². The molecule has 2 aromatic rings. The first-order valence-electron chi connectivity index (χ1n) is 5.47. The molecule has 3 heteroatoms. The van der Waals surface area contributed by atoms with Gasteiger partial charge in [-0.25, -0.2) is 4.79 Å². The Balaban J connectivity index is 2.68. The van der Waals surface area contributed by atoms with E-state index in [-0.39, 0.29) is 0 Å². The Bertz CT molecular complexity index is 621. The molecule has 1 aromatic carbocycles. The molecule has 0 atom stereocenters. The largest absolute Gasteiger partial charge is 0.478 e. The zero-order chi connectivity index (χ0) is 12.6. The van der Waals surface area contributed by atoms with Gasteiger partial charge in [-0.15, -0.1) is 0 Å². The fourth-order valence-electron chi connectivity index (χ4n) is 2.14. The quantitative estimate of drug-likeness (QED) is 0.804. The molecule has 3 nitrogen and oxygen atoms in total. The van der Waals surface area contributed by atoms with Crippen LogP contribution in [0.15, 0.2) is 24.3 Å². The van der Waals surface area contributed by atoms with Crippen LogP contribution in [0.4, 0.5) is 0 Å². The van der Waals surface area contributed by atoms with Crippen molar-refractivity contribution >= 4 is 22.9 Å². The van der Waals surface area contributed by atoms with Crippen molar-refractivity contribution in [1.82, 2.24) is 4.57 Å². The van der Waals surface area contributed by atoms with Gasteiger partial charge in [0.1, 0.15) is 0 Å². The van der Waals surface area contributed by atoms with Gasteiger partial charge in [0.25, 0.3) is 0 Å². The lowest BCUT2D eigenvalue weighted by molar-refractivity contribution is -0.131. The van der Waals surface area contributed by atoms with E-state index in [0.29, 0.717) is 0 Å². The number of carboxylic acid groups (broad SMARTS) is 1. The molecule has 1 aromatic heterocycles. The highest BCUT2D eigenvalue weighted by atomic mass is 16.4. The third kappa shape index (κ3) is 1.96. The number of fused-ring (bicyclic) bond motifs is 1. The van der Waals surface area contributed by atoms with Gasteiger partial charge in [0.2, 0.25) is 0 Å². The Labute approximate surface area is 100.0 Å². The minimum absolute atomic E-state index is 0.925. The number of carboxylic acids is 1. The Morgan fingerprint density at radius 1 is 1.35 bits per heavy atom. The SMILES string of the molecule is Cc1ccc2c(C)c(/C=C/C(=O)O)n(C)c2c1. The van der Waals surface area contributed by atoms with Crippen LogP contribution in [0.5, 0.6) is 0 Å². The molecule has 0 saturated carbocycles. The molecule has 1 heterocycles. The van der Waals surface area contributed by atoms with Crippen molar-refractivity contribution < 1.29 is 9.90 Å². The van der Waals surface area contributed by atoms with Crippen molar-refractivity contribution in [2.75, 3.05) is 0 Å². The van der Waals surface area contributed by atoms with Crippen molar-refractivity contribution in [2.45, 2.75) is 13.8 Å². The van der Waals surface area contributed by atoms with Crippen LogP contribution in [-0.2, 0) is 11.8 Å². The van der Waals surface area contributed by atoms with Crippen LogP contribution in [-0.4, -0.2) is 15.6 Å². The number of benzene rings is 1. The maximum absolute atomic E-state index is 10.6. The average molecular weight is 229 g/mol. The second-order valence-corrected chi connectivity index (χ2v) is 4.26. The summed E-state index contributed by atoms with van der Waals surface area (Å²) in [5.74, 6) is -0.925. The summed E-state index contributed by atoms with van der Waals surface area (Å²) in [6, 6.07) is 6.26. The summed E-state index contributed by atoms with van der Waals surface area (Å²) in [6.45, 7) is 4.06. The second-order valence-electron chi connectivity index (χ2n) is 4.26. The lowest BCUT2D eigenvalue weighted by Crippen LogP contribution is -1.93. The number of hydrogen-bond acceptors (Lipinski definition) is 1. The van der Waals surface area contributed by atoms with Crippen LogP contribution < -0.4 is 0 Å². The maximum Gasteiger partial charge on any atom is 0.328 e. The average Bonchev–Trinajstić information content (AvgIpc) is 2.49. The van der Waals surface area contributed by atoms with Crippen LogP contribution in [0.3, 0.4) is 0 Å². The summed E-state index contributed by atoms with van der Waals surface area (Å²) >= 11 is 0. The van der Waals surface area contributed by atoms with Gasteiger partial charge in [0.15, 0.2) is 0 Å². The molecule has 1 N–H and O–H groups in total. The van der Waals surface area contributed by atoms with Crippen LogP contribution >= 0.6 is 0 Å². The molecule has 0 fully saturated rings. The zero-order valence-corrected chi connectivity index (χ0v) is 10.2. The highest BCUT2D eigenvalue weighted by molar-refractivity contribution is 5.91. The van der Waals surface area contributed by atoms with Gasteiger partial charge < -0.3 is 9.67 Å². The fourth-order valence-corrected chi connectivity index (χ4v) is 2.14. The van der Waals surface area contributed by atoms with E-state index in [4.69, 9.17) is 5.11 Å². The van der Waals surface area contributed by atoms with Crippen LogP contribution in [0.2, 0.25) is 0 Å². The first-order chi connectivity index (χ1) is 8.00. The third-order valence-corrected chi connectivity index (χ3v) is 3.05. The summed E-state index contributed by atoms with van der Waals surface area (Å²) in [7, 11) is 1.95. The van der Waals surface area contributed by atoms with E-state index in [9.17, 15) is 4.79 Å². The standard InChI is InChI=1S/C14H15NO2/c1-9-4-5-11-10(2)12(6-7-14(16)17)15(3)13(11)8-9/h4-8H,1-3H3,(H,16,17)/b7-6+. The molecule has 0 bridgehead atoms. The summed E-state index contributed by atoms with van der Waals surface area (Å²) in [5.41, 5.74) is 4.38. The number of hydrogen-bond donors (Lipinski definition) is 1. The van der Waals surface area contributed by atoms with E-state index in [1.165, 1.54) is 17.0 Å². The molecule has 0 aliphatic heterocycles. The zero-order valence-electron chi connectivity index (χ0n) is 10.2. The van der Waals surface area contributed by atoms with Crippen molar-refractivity contribution in [1.29, 1.82) is 0 Å². The summed E-state index contributed by atoms with van der Waals surface area (Å²) in [4.78, 5) is 10.6. The van der Waals surface area contributed by atoms with E-state index in [1.807, 2.05) is 18.5 Å². The van der Waals surface area contributed by atoms with Crippen LogP contribution in [0, 0.1) is 13.8 Å². The van der Waals surface area contributed by atoms with E-state index >= 15 is 0 Å². The molecule has 0 aliphatic rings. The molecule has 0 unspecified atom stereocenters. The van der Waals surface area contributed by atoms with E-state index in [2.05, 4.69) is 25.1 Å².